The lowest BCUT2D eigenvalue weighted by Gasteiger charge is -2.39. The van der Waals surface area contributed by atoms with E-state index in [9.17, 15) is 14.4 Å². The maximum absolute atomic E-state index is 13.8. The van der Waals surface area contributed by atoms with Gasteiger partial charge in [-0.15, -0.1) is 0 Å². The number of nitrogens with two attached hydrogens (primary N) is 1. The Morgan fingerprint density at radius 1 is 0.895 bits per heavy atom. The van der Waals surface area contributed by atoms with Gasteiger partial charge < -0.3 is 30.8 Å². The molecule has 0 spiro atoms. The smallest absolute Gasteiger partial charge is 0.270 e. The molecule has 9 heteroatoms. The SMILES string of the molecule is CC(C)(C)[C@H](NC(=O)c1cc2ccccc2[nH]1)C(=O)N1C[C@@H]2C[C@H]1CN2C(=O)c1cc2ccc(N)cc2[nH]1. The van der Waals surface area contributed by atoms with Crippen LogP contribution in [0.5, 0.6) is 0 Å². The topological polar surface area (TPSA) is 127 Å². The molecule has 2 aliphatic heterocycles. The van der Waals surface area contributed by atoms with Crippen LogP contribution in [-0.4, -0.2) is 68.7 Å². The summed E-state index contributed by atoms with van der Waals surface area (Å²) in [6.07, 6.45) is 0.734. The van der Waals surface area contributed by atoms with E-state index in [2.05, 4.69) is 15.3 Å². The largest absolute Gasteiger partial charge is 0.399 e. The van der Waals surface area contributed by atoms with Crippen LogP contribution in [-0.2, 0) is 4.79 Å². The summed E-state index contributed by atoms with van der Waals surface area (Å²) >= 11 is 0. The van der Waals surface area contributed by atoms with Crippen LogP contribution in [0.4, 0.5) is 5.69 Å². The number of hydrogen-bond donors (Lipinski definition) is 4. The maximum atomic E-state index is 13.8. The zero-order chi connectivity index (χ0) is 26.8. The highest BCUT2D eigenvalue weighted by Gasteiger charge is 2.50. The van der Waals surface area contributed by atoms with Crippen molar-refractivity contribution >= 4 is 45.2 Å². The lowest BCUT2D eigenvalue weighted by Crippen LogP contribution is -2.59. The van der Waals surface area contributed by atoms with Crippen molar-refractivity contribution in [3.63, 3.8) is 0 Å². The molecule has 38 heavy (non-hydrogen) atoms. The second kappa shape index (κ2) is 8.65. The summed E-state index contributed by atoms with van der Waals surface area (Å²) < 4.78 is 0. The minimum Gasteiger partial charge on any atom is -0.399 e. The van der Waals surface area contributed by atoms with Crippen LogP contribution in [0.1, 0.15) is 48.2 Å². The number of carbonyl (C=O) groups excluding carboxylic acids is 3. The highest BCUT2D eigenvalue weighted by Crippen LogP contribution is 2.34. The average molecular weight is 513 g/mol. The van der Waals surface area contributed by atoms with E-state index in [1.807, 2.05) is 79.1 Å². The molecular formula is C29H32N6O3. The predicted molar refractivity (Wildman–Crippen MR) is 147 cm³/mol. The first-order chi connectivity index (χ1) is 18.1. The molecule has 6 rings (SSSR count). The molecule has 2 aromatic carbocycles. The van der Waals surface area contributed by atoms with E-state index in [4.69, 9.17) is 5.73 Å². The average Bonchev–Trinajstić information content (AvgIpc) is 3.66. The third-order valence-corrected chi connectivity index (χ3v) is 7.82. The monoisotopic (exact) mass is 512 g/mol. The molecular weight excluding hydrogens is 480 g/mol. The van der Waals surface area contributed by atoms with Gasteiger partial charge in [0.25, 0.3) is 11.8 Å². The Kier molecular flexibility index (Phi) is 5.48. The third-order valence-electron chi connectivity index (χ3n) is 7.82. The van der Waals surface area contributed by atoms with Crippen molar-refractivity contribution in [2.45, 2.75) is 45.3 Å². The summed E-state index contributed by atoms with van der Waals surface area (Å²) in [5.74, 6) is -0.489. The van der Waals surface area contributed by atoms with Crippen LogP contribution in [0.15, 0.2) is 54.6 Å². The summed E-state index contributed by atoms with van der Waals surface area (Å²) in [6, 6.07) is 16.0. The zero-order valence-electron chi connectivity index (χ0n) is 21.7. The Morgan fingerprint density at radius 2 is 1.55 bits per heavy atom. The molecule has 9 nitrogen and oxygen atoms in total. The van der Waals surface area contributed by atoms with Gasteiger partial charge in [-0.05, 0) is 42.2 Å². The fraction of sp³-hybridized carbons (Fsp3) is 0.345. The molecule has 0 aliphatic carbocycles. The number of amides is 3. The Balaban J connectivity index is 1.16. The van der Waals surface area contributed by atoms with Crippen LogP contribution in [0.3, 0.4) is 0 Å². The number of carbonyl (C=O) groups is 3. The van der Waals surface area contributed by atoms with Gasteiger partial charge in [0.1, 0.15) is 17.4 Å². The second-order valence-electron chi connectivity index (χ2n) is 11.6. The lowest BCUT2D eigenvalue weighted by molar-refractivity contribution is -0.138. The summed E-state index contributed by atoms with van der Waals surface area (Å²) in [5, 5.41) is 4.87. The van der Waals surface area contributed by atoms with Gasteiger partial charge in [0.2, 0.25) is 5.91 Å². The molecule has 0 saturated carbocycles. The van der Waals surface area contributed by atoms with Crippen molar-refractivity contribution in [3.05, 3.63) is 66.0 Å². The second-order valence-corrected chi connectivity index (χ2v) is 11.6. The van der Waals surface area contributed by atoms with E-state index < -0.39 is 11.5 Å². The van der Waals surface area contributed by atoms with Crippen molar-refractivity contribution < 1.29 is 14.4 Å². The number of nitrogens with one attached hydrogen (secondary N) is 3. The molecule has 3 atom stereocenters. The number of hydrogen-bond acceptors (Lipinski definition) is 4. The normalized spacial score (nSPS) is 19.9. The van der Waals surface area contributed by atoms with Crippen molar-refractivity contribution in [2.75, 3.05) is 18.8 Å². The molecule has 2 saturated heterocycles. The van der Waals surface area contributed by atoms with Gasteiger partial charge in [0, 0.05) is 40.6 Å². The number of H-pyrrole nitrogens is 2. The molecule has 5 N–H and O–H groups in total. The molecule has 2 aliphatic rings. The first-order valence-corrected chi connectivity index (χ1v) is 13.0. The number of aromatic amines is 2. The number of benzene rings is 2. The van der Waals surface area contributed by atoms with Gasteiger partial charge in [-0.25, -0.2) is 0 Å². The van der Waals surface area contributed by atoms with E-state index in [1.54, 1.807) is 6.07 Å². The summed E-state index contributed by atoms with van der Waals surface area (Å²) in [4.78, 5) is 50.3. The predicted octanol–water partition coefficient (Wildman–Crippen LogP) is 3.50. The number of rotatable bonds is 4. The summed E-state index contributed by atoms with van der Waals surface area (Å²) in [5.41, 5.74) is 8.66. The fourth-order valence-corrected chi connectivity index (χ4v) is 5.82. The Bertz CT molecular complexity index is 1540. The number of aromatic nitrogens is 2. The molecule has 0 radical (unpaired) electrons. The standard InChI is InChI=1S/C29H32N6O3/c1-29(2,3)25(33-26(36)23-10-16-6-4-5-7-21(16)31-23)28(38)35-15-19-13-20(35)14-34(19)27(37)24-11-17-8-9-18(30)12-22(17)32-24/h4-12,19-20,25,31-32H,13-15,30H2,1-3H3,(H,33,36)/t19-,20-,25+/m0/s1. The summed E-state index contributed by atoms with van der Waals surface area (Å²) in [7, 11) is 0. The Hall–Kier alpha value is -4.27. The van der Waals surface area contributed by atoms with Gasteiger partial charge in [0.15, 0.2) is 0 Å². The van der Waals surface area contributed by atoms with E-state index in [0.717, 1.165) is 28.2 Å². The minimum absolute atomic E-state index is 0.0574. The first kappa shape index (κ1) is 24.1. The number of fused-ring (bicyclic) bond motifs is 4. The number of piperazine rings is 1. The molecule has 196 valence electrons. The molecule has 4 heterocycles. The van der Waals surface area contributed by atoms with Gasteiger partial charge in [-0.3, -0.25) is 14.4 Å². The van der Waals surface area contributed by atoms with Crippen molar-refractivity contribution in [2.24, 2.45) is 5.41 Å². The highest BCUT2D eigenvalue weighted by atomic mass is 16.2. The van der Waals surface area contributed by atoms with Crippen molar-refractivity contribution in [1.82, 2.24) is 25.1 Å². The molecule has 4 aromatic rings. The van der Waals surface area contributed by atoms with Crippen LogP contribution < -0.4 is 11.1 Å². The Morgan fingerprint density at radius 3 is 2.26 bits per heavy atom. The zero-order valence-corrected chi connectivity index (χ0v) is 21.7. The fourth-order valence-electron chi connectivity index (χ4n) is 5.82. The minimum atomic E-state index is -0.705. The number of nitrogen functional groups attached to an aromatic ring is 1. The molecule has 2 aromatic heterocycles. The molecule has 3 amide bonds. The van der Waals surface area contributed by atoms with Crippen LogP contribution in [0.25, 0.3) is 21.8 Å². The lowest BCUT2D eigenvalue weighted by atomic mass is 9.85. The number of para-hydroxylation sites is 1. The number of likely N-dealkylation sites (tertiary alicyclic amines) is 2. The van der Waals surface area contributed by atoms with Gasteiger partial charge in [-0.1, -0.05) is 45.0 Å². The van der Waals surface area contributed by atoms with E-state index in [0.29, 0.717) is 30.2 Å². The molecule has 2 fully saturated rings. The van der Waals surface area contributed by atoms with Crippen LogP contribution in [0.2, 0.25) is 0 Å². The molecule has 2 bridgehead atoms. The van der Waals surface area contributed by atoms with E-state index in [1.165, 1.54) is 0 Å². The van der Waals surface area contributed by atoms with Gasteiger partial charge in [-0.2, -0.15) is 0 Å². The third kappa shape index (κ3) is 4.08. The van der Waals surface area contributed by atoms with Crippen molar-refractivity contribution in [3.8, 4) is 0 Å². The number of anilines is 1. The number of nitrogens with zero attached hydrogens (tertiary/aromatic N) is 2. The van der Waals surface area contributed by atoms with Gasteiger partial charge in [0.05, 0.1) is 12.1 Å². The van der Waals surface area contributed by atoms with Crippen LogP contribution >= 0.6 is 0 Å². The van der Waals surface area contributed by atoms with E-state index >= 15 is 0 Å². The Labute approximate surface area is 220 Å². The van der Waals surface area contributed by atoms with E-state index in [-0.39, 0.29) is 29.8 Å². The van der Waals surface area contributed by atoms with Crippen LogP contribution in [0, 0.1) is 5.41 Å². The maximum Gasteiger partial charge on any atom is 0.270 e. The first-order valence-electron chi connectivity index (χ1n) is 13.0. The van der Waals surface area contributed by atoms with Gasteiger partial charge >= 0.3 is 0 Å². The van der Waals surface area contributed by atoms with Crippen molar-refractivity contribution in [1.29, 1.82) is 0 Å². The quantitative estimate of drug-likeness (QED) is 0.312. The highest BCUT2D eigenvalue weighted by molar-refractivity contribution is 6.01. The summed E-state index contributed by atoms with van der Waals surface area (Å²) in [6.45, 7) is 6.78. The molecule has 0 unspecified atom stereocenters.